The van der Waals surface area contributed by atoms with Crippen LogP contribution in [0.25, 0.3) is 0 Å². The number of rotatable bonds is 46. The molecule has 0 bridgehead atoms. The van der Waals surface area contributed by atoms with Gasteiger partial charge in [-0.05, 0) is 103 Å². The van der Waals surface area contributed by atoms with E-state index in [-0.39, 0.29) is 25.2 Å². The maximum Gasteiger partial charge on any atom is 0.306 e. The smallest absolute Gasteiger partial charge is 0.306 e. The SMILES string of the molecule is CC/C=C\C/C=C\C/C=C\C/C=C\C/C=C\C/C=C\C/C=C\CCCCCCCCCCCCCCCCCC(=O)OC(CO)COC(=O)CCCCC/C=C\C/C=C\C/C=C\CC. The summed E-state index contributed by atoms with van der Waals surface area (Å²) in [5.74, 6) is -0.630. The highest BCUT2D eigenvalue weighted by Crippen LogP contribution is 2.15. The van der Waals surface area contributed by atoms with Crippen LogP contribution in [0.5, 0.6) is 0 Å². The first-order valence-electron chi connectivity index (χ1n) is 26.1. The molecule has 0 rings (SSSR count). The molecule has 0 radical (unpaired) electrons. The zero-order chi connectivity index (χ0) is 46.3. The molecule has 0 saturated heterocycles. The third kappa shape index (κ3) is 50.9. The summed E-state index contributed by atoms with van der Waals surface area (Å²) in [5.41, 5.74) is 0. The van der Waals surface area contributed by atoms with Crippen LogP contribution in [0.2, 0.25) is 0 Å². The van der Waals surface area contributed by atoms with E-state index < -0.39 is 6.10 Å². The summed E-state index contributed by atoms with van der Waals surface area (Å²) in [5, 5.41) is 9.60. The number of aliphatic hydroxyl groups excluding tert-OH is 1. The van der Waals surface area contributed by atoms with E-state index in [9.17, 15) is 14.7 Å². The third-order valence-electron chi connectivity index (χ3n) is 10.8. The minimum Gasteiger partial charge on any atom is -0.462 e. The Morgan fingerprint density at radius 2 is 0.625 bits per heavy atom. The van der Waals surface area contributed by atoms with Crippen LogP contribution in [-0.2, 0) is 19.1 Å². The predicted molar refractivity (Wildman–Crippen MR) is 278 cm³/mol. The van der Waals surface area contributed by atoms with Crippen LogP contribution in [0.1, 0.15) is 219 Å². The number of esters is 2. The number of hydrogen-bond acceptors (Lipinski definition) is 5. The van der Waals surface area contributed by atoms with E-state index >= 15 is 0 Å². The van der Waals surface area contributed by atoms with Crippen LogP contribution in [0.3, 0.4) is 0 Å². The molecule has 362 valence electrons. The van der Waals surface area contributed by atoms with Gasteiger partial charge in [-0.2, -0.15) is 0 Å². The molecular weight excluding hydrogens is 789 g/mol. The summed E-state index contributed by atoms with van der Waals surface area (Å²) in [6.07, 6.45) is 78.8. The Labute approximate surface area is 394 Å². The Balaban J connectivity index is 3.52. The maximum absolute atomic E-state index is 12.3. The van der Waals surface area contributed by atoms with Gasteiger partial charge in [-0.1, -0.05) is 225 Å². The highest BCUT2D eigenvalue weighted by Gasteiger charge is 2.16. The summed E-state index contributed by atoms with van der Waals surface area (Å²) >= 11 is 0. The monoisotopic (exact) mass is 885 g/mol. The second kappa shape index (κ2) is 53.6. The number of carbonyl (C=O) groups is 2. The summed E-state index contributed by atoms with van der Waals surface area (Å²) < 4.78 is 10.6. The average Bonchev–Trinajstić information content (AvgIpc) is 3.30. The summed E-state index contributed by atoms with van der Waals surface area (Å²) in [7, 11) is 0. The molecule has 64 heavy (non-hydrogen) atoms. The van der Waals surface area contributed by atoms with Crippen LogP contribution in [-0.4, -0.2) is 36.4 Å². The maximum atomic E-state index is 12.3. The molecule has 0 heterocycles. The van der Waals surface area contributed by atoms with Gasteiger partial charge in [-0.25, -0.2) is 0 Å². The van der Waals surface area contributed by atoms with Crippen molar-refractivity contribution in [1.82, 2.24) is 0 Å². The average molecular weight is 885 g/mol. The number of unbranched alkanes of at least 4 members (excludes halogenated alkanes) is 18. The molecule has 5 heteroatoms. The van der Waals surface area contributed by atoms with E-state index in [2.05, 4.69) is 135 Å². The Morgan fingerprint density at radius 3 is 0.953 bits per heavy atom. The molecule has 0 aliphatic heterocycles. The molecule has 0 aliphatic carbocycles. The number of aliphatic hydroxyl groups is 1. The Hall–Kier alpha value is -3.70. The molecule has 0 aliphatic rings. The van der Waals surface area contributed by atoms with Crippen LogP contribution >= 0.6 is 0 Å². The topological polar surface area (TPSA) is 72.8 Å². The van der Waals surface area contributed by atoms with Crippen molar-refractivity contribution in [3.05, 3.63) is 122 Å². The second-order valence-corrected chi connectivity index (χ2v) is 16.8. The number of allylic oxidation sites excluding steroid dienone is 20. The molecule has 1 unspecified atom stereocenters. The van der Waals surface area contributed by atoms with E-state index in [1.807, 2.05) is 0 Å². The molecule has 0 amide bonds. The van der Waals surface area contributed by atoms with E-state index in [0.29, 0.717) is 12.8 Å². The van der Waals surface area contributed by atoms with Gasteiger partial charge in [0.15, 0.2) is 6.10 Å². The van der Waals surface area contributed by atoms with Gasteiger partial charge < -0.3 is 14.6 Å². The lowest BCUT2D eigenvalue weighted by atomic mass is 10.0. The van der Waals surface area contributed by atoms with E-state index in [4.69, 9.17) is 9.47 Å². The first-order chi connectivity index (χ1) is 31.6. The van der Waals surface area contributed by atoms with Crippen LogP contribution in [0.4, 0.5) is 0 Å². The molecule has 0 aromatic heterocycles. The summed E-state index contributed by atoms with van der Waals surface area (Å²) in [4.78, 5) is 24.4. The fourth-order valence-corrected chi connectivity index (χ4v) is 6.90. The Kier molecular flexibility index (Phi) is 50.5. The number of ether oxygens (including phenoxy) is 2. The van der Waals surface area contributed by atoms with Gasteiger partial charge in [-0.3, -0.25) is 9.59 Å². The first-order valence-corrected chi connectivity index (χ1v) is 26.1. The van der Waals surface area contributed by atoms with Gasteiger partial charge >= 0.3 is 11.9 Å². The zero-order valence-electron chi connectivity index (χ0n) is 41.2. The molecule has 1 N–H and O–H groups in total. The standard InChI is InChI=1S/C59H96O5/c1-3-5-7-9-11-13-15-17-18-19-20-21-22-23-24-25-26-27-28-29-30-31-32-33-34-35-36-37-38-39-40-42-44-46-48-50-52-54-59(62)64-57(55-60)56-63-58(61)53-51-49-47-45-43-41-16-14-12-10-8-6-4-2/h5-8,11-14,17-18,20-21,23-24,26-27,29-30,41,43,57,60H,3-4,9-10,15-16,19,22,25,28,31-40,42,44-56H2,1-2H3/b7-5-,8-6-,13-11-,14-12-,18-17-,21-20-,24-23-,27-26-,30-29-,43-41-. The van der Waals surface area contributed by atoms with Crippen LogP contribution < -0.4 is 0 Å². The molecule has 0 spiro atoms. The normalized spacial score (nSPS) is 13.2. The fourth-order valence-electron chi connectivity index (χ4n) is 6.90. The second-order valence-electron chi connectivity index (χ2n) is 16.8. The molecule has 5 nitrogen and oxygen atoms in total. The zero-order valence-corrected chi connectivity index (χ0v) is 41.2. The Bertz CT molecular complexity index is 1320. The first kappa shape index (κ1) is 60.3. The van der Waals surface area contributed by atoms with Crippen molar-refractivity contribution in [2.24, 2.45) is 0 Å². The van der Waals surface area contributed by atoms with Gasteiger partial charge in [0.25, 0.3) is 0 Å². The van der Waals surface area contributed by atoms with Gasteiger partial charge in [0.2, 0.25) is 0 Å². The minimum atomic E-state index is -0.790. The van der Waals surface area contributed by atoms with Crippen molar-refractivity contribution in [2.75, 3.05) is 13.2 Å². The molecule has 1 atom stereocenters. The molecular formula is C59H96O5. The van der Waals surface area contributed by atoms with E-state index in [1.54, 1.807) is 0 Å². The minimum absolute atomic E-state index is 0.0860. The molecule has 0 aromatic carbocycles. The van der Waals surface area contributed by atoms with Crippen molar-refractivity contribution in [1.29, 1.82) is 0 Å². The lowest BCUT2D eigenvalue weighted by molar-refractivity contribution is -0.161. The van der Waals surface area contributed by atoms with Crippen molar-refractivity contribution in [2.45, 2.75) is 225 Å². The van der Waals surface area contributed by atoms with Crippen LogP contribution in [0.15, 0.2) is 122 Å². The third-order valence-corrected chi connectivity index (χ3v) is 10.8. The van der Waals surface area contributed by atoms with E-state index in [0.717, 1.165) is 109 Å². The van der Waals surface area contributed by atoms with Crippen molar-refractivity contribution >= 4 is 11.9 Å². The van der Waals surface area contributed by atoms with Gasteiger partial charge in [0, 0.05) is 12.8 Å². The van der Waals surface area contributed by atoms with Crippen molar-refractivity contribution in [3.63, 3.8) is 0 Å². The number of carbonyl (C=O) groups excluding carboxylic acids is 2. The predicted octanol–water partition coefficient (Wildman–Crippen LogP) is 17.5. The molecule has 0 aromatic rings. The van der Waals surface area contributed by atoms with Crippen molar-refractivity contribution in [3.8, 4) is 0 Å². The van der Waals surface area contributed by atoms with Gasteiger partial charge in [0.05, 0.1) is 6.61 Å². The van der Waals surface area contributed by atoms with Crippen molar-refractivity contribution < 1.29 is 24.2 Å². The summed E-state index contributed by atoms with van der Waals surface area (Å²) in [6.45, 7) is 3.88. The molecule has 0 saturated carbocycles. The van der Waals surface area contributed by atoms with Gasteiger partial charge in [-0.15, -0.1) is 0 Å². The summed E-state index contributed by atoms with van der Waals surface area (Å²) in [6, 6.07) is 0. The largest absolute Gasteiger partial charge is 0.462 e. The highest BCUT2D eigenvalue weighted by molar-refractivity contribution is 5.70. The lowest BCUT2D eigenvalue weighted by Crippen LogP contribution is -2.28. The van der Waals surface area contributed by atoms with E-state index in [1.165, 1.54) is 83.5 Å². The lowest BCUT2D eigenvalue weighted by Gasteiger charge is -2.15. The fraction of sp³-hybridized carbons (Fsp3) is 0.627. The highest BCUT2D eigenvalue weighted by atomic mass is 16.6. The van der Waals surface area contributed by atoms with Gasteiger partial charge in [0.1, 0.15) is 6.61 Å². The Morgan fingerprint density at radius 1 is 0.359 bits per heavy atom. The quantitative estimate of drug-likeness (QED) is 0.0375. The van der Waals surface area contributed by atoms with Crippen LogP contribution in [0, 0.1) is 0 Å². The number of hydrogen-bond donors (Lipinski definition) is 1. The molecule has 0 fully saturated rings.